The molecule has 0 aliphatic carbocycles. The average Bonchev–Trinajstić information content (AvgIpc) is 2.45. The van der Waals surface area contributed by atoms with E-state index in [0.29, 0.717) is 18.5 Å². The second kappa shape index (κ2) is 6.55. The Morgan fingerprint density at radius 3 is 2.71 bits per heavy atom. The van der Waals surface area contributed by atoms with Gasteiger partial charge in [-0.15, -0.1) is 0 Å². The third-order valence-electron chi connectivity index (χ3n) is 2.87. The number of pyridine rings is 1. The maximum absolute atomic E-state index is 12.2. The van der Waals surface area contributed by atoms with Crippen LogP contribution in [0.25, 0.3) is 0 Å². The van der Waals surface area contributed by atoms with Crippen LogP contribution < -0.4 is 10.5 Å². The molecule has 0 atom stereocenters. The van der Waals surface area contributed by atoms with E-state index >= 15 is 0 Å². The smallest absolute Gasteiger partial charge is 0.263 e. The first-order chi connectivity index (χ1) is 10.0. The molecule has 0 aliphatic rings. The van der Waals surface area contributed by atoms with Gasteiger partial charge in [-0.3, -0.25) is 4.72 Å². The molecule has 0 fully saturated rings. The molecule has 1 aromatic carbocycles. The van der Waals surface area contributed by atoms with Crippen LogP contribution in [0.1, 0.15) is 12.0 Å². The van der Waals surface area contributed by atoms with Crippen molar-refractivity contribution in [1.29, 1.82) is 0 Å². The topological polar surface area (TPSA) is 105 Å². The predicted octanol–water partition coefficient (Wildman–Crippen LogP) is 1.39. The zero-order chi connectivity index (χ0) is 15.3. The zero-order valence-electron chi connectivity index (χ0n) is 11.4. The van der Waals surface area contributed by atoms with Crippen LogP contribution in [0, 0.1) is 0 Å². The molecular formula is C14H17N3O3S. The highest BCUT2D eigenvalue weighted by atomic mass is 32.2. The molecule has 1 aromatic heterocycles. The standard InChI is InChI=1S/C14H17N3O3S/c15-14-7-6-13(10-16-14)21(19,20)17-12-5-1-3-11(9-12)4-2-8-18/h1,3,5-7,9-10,17-18H,2,4,8H2,(H2,15,16). The van der Waals surface area contributed by atoms with E-state index in [1.165, 1.54) is 18.3 Å². The van der Waals surface area contributed by atoms with Crippen molar-refractivity contribution in [3.8, 4) is 0 Å². The van der Waals surface area contributed by atoms with Gasteiger partial charge in [-0.05, 0) is 42.7 Å². The van der Waals surface area contributed by atoms with Gasteiger partial charge in [0.25, 0.3) is 10.0 Å². The van der Waals surface area contributed by atoms with E-state index in [0.717, 1.165) is 5.56 Å². The maximum Gasteiger partial charge on any atom is 0.263 e. The lowest BCUT2D eigenvalue weighted by atomic mass is 10.1. The van der Waals surface area contributed by atoms with Crippen LogP contribution in [-0.2, 0) is 16.4 Å². The van der Waals surface area contributed by atoms with Gasteiger partial charge < -0.3 is 10.8 Å². The van der Waals surface area contributed by atoms with Crippen molar-refractivity contribution in [2.45, 2.75) is 17.7 Å². The number of anilines is 2. The molecule has 0 aliphatic heterocycles. The highest BCUT2D eigenvalue weighted by Gasteiger charge is 2.14. The molecule has 1 heterocycles. The number of rotatable bonds is 6. The molecule has 4 N–H and O–H groups in total. The van der Waals surface area contributed by atoms with E-state index in [4.69, 9.17) is 10.8 Å². The van der Waals surface area contributed by atoms with E-state index in [9.17, 15) is 8.42 Å². The monoisotopic (exact) mass is 307 g/mol. The summed E-state index contributed by atoms with van der Waals surface area (Å²) in [5, 5.41) is 8.83. The number of hydrogen-bond donors (Lipinski definition) is 3. The van der Waals surface area contributed by atoms with E-state index in [1.807, 2.05) is 6.07 Å². The van der Waals surface area contributed by atoms with Gasteiger partial charge in [0.05, 0.1) is 0 Å². The van der Waals surface area contributed by atoms with Crippen LogP contribution in [0.15, 0.2) is 47.5 Å². The number of benzene rings is 1. The van der Waals surface area contributed by atoms with Gasteiger partial charge in [-0.2, -0.15) is 0 Å². The first-order valence-electron chi connectivity index (χ1n) is 6.45. The van der Waals surface area contributed by atoms with Crippen molar-refractivity contribution in [2.24, 2.45) is 0 Å². The lowest BCUT2D eigenvalue weighted by Crippen LogP contribution is -2.13. The molecule has 2 rings (SSSR count). The Labute approximate surface area is 123 Å². The van der Waals surface area contributed by atoms with Crippen molar-refractivity contribution >= 4 is 21.5 Å². The normalized spacial score (nSPS) is 11.3. The van der Waals surface area contributed by atoms with Crippen LogP contribution >= 0.6 is 0 Å². The van der Waals surface area contributed by atoms with Crippen LogP contribution in [0.2, 0.25) is 0 Å². The highest BCUT2D eigenvalue weighted by molar-refractivity contribution is 7.92. The molecule has 0 amide bonds. The van der Waals surface area contributed by atoms with Gasteiger partial charge >= 0.3 is 0 Å². The molecule has 0 spiro atoms. The minimum atomic E-state index is -3.68. The van der Waals surface area contributed by atoms with Crippen LogP contribution in [-0.4, -0.2) is 25.1 Å². The summed E-state index contributed by atoms with van der Waals surface area (Å²) in [6.45, 7) is 0.104. The fourth-order valence-electron chi connectivity index (χ4n) is 1.84. The molecule has 2 aromatic rings. The zero-order valence-corrected chi connectivity index (χ0v) is 12.2. The second-order valence-corrected chi connectivity index (χ2v) is 6.23. The van der Waals surface area contributed by atoms with Gasteiger partial charge in [0.2, 0.25) is 0 Å². The number of nitrogens with one attached hydrogen (secondary N) is 1. The Morgan fingerprint density at radius 2 is 2.05 bits per heavy atom. The number of aromatic nitrogens is 1. The number of sulfonamides is 1. The van der Waals surface area contributed by atoms with E-state index in [-0.39, 0.29) is 17.3 Å². The lowest BCUT2D eigenvalue weighted by molar-refractivity contribution is 0.288. The fraction of sp³-hybridized carbons (Fsp3) is 0.214. The van der Waals surface area contributed by atoms with Crippen LogP contribution in [0.5, 0.6) is 0 Å². The van der Waals surface area contributed by atoms with Crippen molar-refractivity contribution in [2.75, 3.05) is 17.1 Å². The molecule has 0 unspecified atom stereocenters. The number of nitrogen functional groups attached to an aromatic ring is 1. The molecular weight excluding hydrogens is 290 g/mol. The molecule has 0 saturated carbocycles. The molecule has 0 radical (unpaired) electrons. The van der Waals surface area contributed by atoms with Crippen molar-refractivity contribution in [3.05, 3.63) is 48.2 Å². The number of nitrogens with two attached hydrogens (primary N) is 1. The summed E-state index contributed by atoms with van der Waals surface area (Å²) in [5.41, 5.74) is 6.87. The summed E-state index contributed by atoms with van der Waals surface area (Å²) in [4.78, 5) is 3.83. The predicted molar refractivity (Wildman–Crippen MR) is 81.3 cm³/mol. The minimum absolute atomic E-state index is 0.0532. The summed E-state index contributed by atoms with van der Waals surface area (Å²) in [7, 11) is -3.68. The fourth-order valence-corrected chi connectivity index (χ4v) is 2.83. The Hall–Kier alpha value is -2.12. The third kappa shape index (κ3) is 4.17. The van der Waals surface area contributed by atoms with Crippen LogP contribution in [0.4, 0.5) is 11.5 Å². The number of aryl methyl sites for hydroxylation is 1. The number of hydrogen-bond acceptors (Lipinski definition) is 5. The van der Waals surface area contributed by atoms with Crippen molar-refractivity contribution < 1.29 is 13.5 Å². The summed E-state index contributed by atoms with van der Waals surface area (Å²) >= 11 is 0. The van der Waals surface area contributed by atoms with Crippen LogP contribution in [0.3, 0.4) is 0 Å². The van der Waals surface area contributed by atoms with E-state index in [1.54, 1.807) is 18.2 Å². The first-order valence-corrected chi connectivity index (χ1v) is 7.94. The Morgan fingerprint density at radius 1 is 1.24 bits per heavy atom. The largest absolute Gasteiger partial charge is 0.396 e. The average molecular weight is 307 g/mol. The van der Waals surface area contributed by atoms with Gasteiger partial charge in [-0.1, -0.05) is 12.1 Å². The molecule has 7 heteroatoms. The third-order valence-corrected chi connectivity index (χ3v) is 4.24. The summed E-state index contributed by atoms with van der Waals surface area (Å²) in [6, 6.07) is 9.92. The SMILES string of the molecule is Nc1ccc(S(=O)(=O)Nc2cccc(CCCO)c2)cn1. The number of aliphatic hydroxyl groups is 1. The second-order valence-electron chi connectivity index (χ2n) is 4.55. The Balaban J connectivity index is 2.18. The first kappa shape index (κ1) is 15.3. The van der Waals surface area contributed by atoms with Gasteiger partial charge in [-0.25, -0.2) is 13.4 Å². The van der Waals surface area contributed by atoms with Crippen molar-refractivity contribution in [1.82, 2.24) is 4.98 Å². The van der Waals surface area contributed by atoms with E-state index in [2.05, 4.69) is 9.71 Å². The highest BCUT2D eigenvalue weighted by Crippen LogP contribution is 2.17. The van der Waals surface area contributed by atoms with E-state index < -0.39 is 10.0 Å². The molecule has 6 nitrogen and oxygen atoms in total. The lowest BCUT2D eigenvalue weighted by Gasteiger charge is -2.09. The summed E-state index contributed by atoms with van der Waals surface area (Å²) < 4.78 is 26.9. The number of nitrogens with zero attached hydrogens (tertiary/aromatic N) is 1. The maximum atomic E-state index is 12.2. The quantitative estimate of drug-likeness (QED) is 0.748. The van der Waals surface area contributed by atoms with Gasteiger partial charge in [0.15, 0.2) is 0 Å². The number of aliphatic hydroxyl groups excluding tert-OH is 1. The molecule has 21 heavy (non-hydrogen) atoms. The van der Waals surface area contributed by atoms with Gasteiger partial charge in [0, 0.05) is 18.5 Å². The summed E-state index contributed by atoms with van der Waals surface area (Å²) in [5.74, 6) is 0.264. The Bertz CT molecular complexity index is 700. The molecule has 112 valence electrons. The Kier molecular flexibility index (Phi) is 4.77. The van der Waals surface area contributed by atoms with Crippen molar-refractivity contribution in [3.63, 3.8) is 0 Å². The molecule has 0 bridgehead atoms. The summed E-state index contributed by atoms with van der Waals surface area (Å²) in [6.07, 6.45) is 2.54. The molecule has 0 saturated heterocycles. The minimum Gasteiger partial charge on any atom is -0.396 e. The van der Waals surface area contributed by atoms with Gasteiger partial charge in [0.1, 0.15) is 10.7 Å².